The summed E-state index contributed by atoms with van der Waals surface area (Å²) in [6, 6.07) is 11.8. The number of aromatic nitrogens is 6. The van der Waals surface area contributed by atoms with Crippen LogP contribution in [0.2, 0.25) is 0 Å². The first-order valence-electron chi connectivity index (χ1n) is 9.96. The monoisotopic (exact) mass is 402 g/mol. The molecule has 1 amide bonds. The molecule has 0 unspecified atom stereocenters. The predicted octanol–water partition coefficient (Wildman–Crippen LogP) is 1.67. The molecule has 0 bridgehead atoms. The second kappa shape index (κ2) is 7.58. The van der Waals surface area contributed by atoms with Crippen molar-refractivity contribution < 1.29 is 4.79 Å². The molecule has 0 N–H and O–H groups in total. The summed E-state index contributed by atoms with van der Waals surface area (Å²) in [5.41, 5.74) is 1.89. The second-order valence-electron chi connectivity index (χ2n) is 7.32. The Morgan fingerprint density at radius 3 is 2.47 bits per heavy atom. The molecule has 1 aromatic carbocycles. The van der Waals surface area contributed by atoms with Gasteiger partial charge in [0, 0.05) is 38.6 Å². The molecule has 0 saturated carbocycles. The number of fused-ring (bicyclic) bond motifs is 1. The third-order valence-corrected chi connectivity index (χ3v) is 5.50. The number of piperazine rings is 1. The minimum Gasteiger partial charge on any atom is -0.352 e. The third-order valence-electron chi connectivity index (χ3n) is 5.50. The molecule has 1 aliphatic rings. The van der Waals surface area contributed by atoms with E-state index in [4.69, 9.17) is 0 Å². The minimum atomic E-state index is 0.106. The van der Waals surface area contributed by atoms with Crippen LogP contribution >= 0.6 is 0 Å². The van der Waals surface area contributed by atoms with E-state index in [9.17, 15) is 4.79 Å². The molecule has 30 heavy (non-hydrogen) atoms. The van der Waals surface area contributed by atoms with E-state index in [1.54, 1.807) is 12.5 Å². The van der Waals surface area contributed by atoms with Crippen molar-refractivity contribution in [3.8, 4) is 5.82 Å². The number of hydrogen-bond acceptors (Lipinski definition) is 6. The highest BCUT2D eigenvalue weighted by molar-refractivity contribution is 5.80. The maximum Gasteiger partial charge on any atom is 0.242 e. The Morgan fingerprint density at radius 2 is 1.73 bits per heavy atom. The summed E-state index contributed by atoms with van der Waals surface area (Å²) in [4.78, 5) is 25.4. The fraction of sp³-hybridized carbons (Fsp3) is 0.286. The summed E-state index contributed by atoms with van der Waals surface area (Å²) < 4.78 is 3.81. The van der Waals surface area contributed by atoms with Crippen molar-refractivity contribution in [2.24, 2.45) is 0 Å². The molecule has 4 aromatic rings. The first-order chi connectivity index (χ1) is 14.7. The first kappa shape index (κ1) is 18.3. The Balaban J connectivity index is 1.21. The van der Waals surface area contributed by atoms with Crippen LogP contribution in [0.1, 0.15) is 5.82 Å². The Morgan fingerprint density at radius 1 is 0.967 bits per heavy atom. The summed E-state index contributed by atoms with van der Waals surface area (Å²) in [5.74, 6) is 2.55. The molecule has 9 nitrogen and oxygen atoms in total. The second-order valence-corrected chi connectivity index (χ2v) is 7.32. The van der Waals surface area contributed by atoms with Crippen LogP contribution in [0.3, 0.4) is 0 Å². The lowest BCUT2D eigenvalue weighted by molar-refractivity contribution is -0.132. The highest BCUT2D eigenvalue weighted by atomic mass is 16.2. The summed E-state index contributed by atoms with van der Waals surface area (Å²) in [6.45, 7) is 5.02. The van der Waals surface area contributed by atoms with Crippen molar-refractivity contribution >= 4 is 22.8 Å². The van der Waals surface area contributed by atoms with Crippen LogP contribution in [0.5, 0.6) is 0 Å². The quantitative estimate of drug-likeness (QED) is 0.516. The lowest BCUT2D eigenvalue weighted by Gasteiger charge is -2.35. The van der Waals surface area contributed by atoms with Crippen LogP contribution < -0.4 is 4.90 Å². The van der Waals surface area contributed by atoms with Crippen molar-refractivity contribution in [3.63, 3.8) is 0 Å². The van der Waals surface area contributed by atoms with E-state index < -0.39 is 0 Å². The van der Waals surface area contributed by atoms with Gasteiger partial charge in [-0.3, -0.25) is 9.36 Å². The van der Waals surface area contributed by atoms with Gasteiger partial charge in [-0.15, -0.1) is 10.2 Å². The SMILES string of the molecule is Cc1nccn1-c1ccc(N2CCN(C(=O)Cn3cnc4ccccc43)CC2)nn1. The van der Waals surface area contributed by atoms with Gasteiger partial charge in [-0.25, -0.2) is 9.97 Å². The number of para-hydroxylation sites is 2. The molecule has 1 saturated heterocycles. The van der Waals surface area contributed by atoms with Crippen LogP contribution in [-0.2, 0) is 11.3 Å². The number of nitrogens with zero attached hydrogens (tertiary/aromatic N) is 8. The highest BCUT2D eigenvalue weighted by Gasteiger charge is 2.22. The number of anilines is 1. The summed E-state index contributed by atoms with van der Waals surface area (Å²) in [6.07, 6.45) is 5.35. The molecule has 152 valence electrons. The van der Waals surface area contributed by atoms with Gasteiger partial charge in [-0.2, -0.15) is 0 Å². The third kappa shape index (κ3) is 3.38. The van der Waals surface area contributed by atoms with Crippen LogP contribution in [0.4, 0.5) is 5.82 Å². The van der Waals surface area contributed by atoms with Crippen molar-refractivity contribution in [2.75, 3.05) is 31.1 Å². The van der Waals surface area contributed by atoms with Gasteiger partial charge in [0.05, 0.1) is 17.4 Å². The molecule has 5 rings (SSSR count). The molecular weight excluding hydrogens is 380 g/mol. The maximum atomic E-state index is 12.8. The number of carbonyl (C=O) groups excluding carboxylic acids is 1. The molecule has 4 heterocycles. The number of imidazole rings is 2. The van der Waals surface area contributed by atoms with Gasteiger partial charge >= 0.3 is 0 Å². The molecule has 3 aromatic heterocycles. The molecule has 1 aliphatic heterocycles. The predicted molar refractivity (Wildman–Crippen MR) is 112 cm³/mol. The zero-order chi connectivity index (χ0) is 20.5. The Hall–Kier alpha value is -3.75. The fourth-order valence-corrected chi connectivity index (χ4v) is 3.80. The minimum absolute atomic E-state index is 0.106. The van der Waals surface area contributed by atoms with E-state index in [2.05, 4.69) is 25.1 Å². The van der Waals surface area contributed by atoms with Gasteiger partial charge in [-0.1, -0.05) is 12.1 Å². The molecule has 1 fully saturated rings. The van der Waals surface area contributed by atoms with E-state index in [1.165, 1.54) is 0 Å². The first-order valence-corrected chi connectivity index (χ1v) is 9.96. The lowest BCUT2D eigenvalue weighted by atomic mass is 10.3. The van der Waals surface area contributed by atoms with Gasteiger partial charge in [0.1, 0.15) is 12.4 Å². The van der Waals surface area contributed by atoms with E-state index in [-0.39, 0.29) is 5.91 Å². The average molecular weight is 402 g/mol. The number of carbonyl (C=O) groups is 1. The smallest absolute Gasteiger partial charge is 0.242 e. The van der Waals surface area contributed by atoms with Gasteiger partial charge < -0.3 is 14.4 Å². The van der Waals surface area contributed by atoms with Crippen LogP contribution in [0.15, 0.2) is 55.1 Å². The molecule has 0 atom stereocenters. The number of benzene rings is 1. The number of aryl methyl sites for hydroxylation is 1. The topological polar surface area (TPSA) is 85.0 Å². The number of amides is 1. The molecule has 0 aliphatic carbocycles. The van der Waals surface area contributed by atoms with E-state index in [1.807, 2.05) is 63.6 Å². The Kier molecular flexibility index (Phi) is 4.62. The average Bonchev–Trinajstić information content (AvgIpc) is 3.40. The van der Waals surface area contributed by atoms with Crippen molar-refractivity contribution in [2.45, 2.75) is 13.5 Å². The number of rotatable bonds is 4. The summed E-state index contributed by atoms with van der Waals surface area (Å²) >= 11 is 0. The molecular formula is C21H22N8O. The zero-order valence-corrected chi connectivity index (χ0v) is 16.7. The lowest BCUT2D eigenvalue weighted by Crippen LogP contribution is -2.49. The fourth-order valence-electron chi connectivity index (χ4n) is 3.80. The van der Waals surface area contributed by atoms with Gasteiger partial charge in [0.25, 0.3) is 0 Å². The zero-order valence-electron chi connectivity index (χ0n) is 16.7. The Labute approximate surface area is 173 Å². The summed E-state index contributed by atoms with van der Waals surface area (Å²) in [7, 11) is 0. The van der Waals surface area contributed by atoms with E-state index in [0.29, 0.717) is 19.6 Å². The van der Waals surface area contributed by atoms with E-state index >= 15 is 0 Å². The van der Waals surface area contributed by atoms with Crippen LogP contribution in [0, 0.1) is 6.92 Å². The molecule has 0 radical (unpaired) electrons. The molecule has 0 spiro atoms. The Bertz CT molecular complexity index is 1170. The number of hydrogen-bond donors (Lipinski definition) is 0. The van der Waals surface area contributed by atoms with Gasteiger partial charge in [0.15, 0.2) is 11.6 Å². The standard InChI is InChI=1S/C21H22N8O/c1-16-22-8-9-29(16)20-7-6-19(24-25-20)26-10-12-27(13-11-26)21(30)14-28-15-23-17-4-2-3-5-18(17)28/h2-9,15H,10-14H2,1H3. The maximum absolute atomic E-state index is 12.8. The van der Waals surface area contributed by atoms with Crippen molar-refractivity contribution in [1.29, 1.82) is 0 Å². The van der Waals surface area contributed by atoms with Gasteiger partial charge in [0.2, 0.25) is 5.91 Å². The largest absolute Gasteiger partial charge is 0.352 e. The molecule has 9 heteroatoms. The van der Waals surface area contributed by atoms with Gasteiger partial charge in [-0.05, 0) is 31.2 Å². The highest BCUT2D eigenvalue weighted by Crippen LogP contribution is 2.16. The normalized spacial score (nSPS) is 14.4. The van der Waals surface area contributed by atoms with Crippen LogP contribution in [-0.4, -0.2) is 66.3 Å². The van der Waals surface area contributed by atoms with Crippen LogP contribution in [0.25, 0.3) is 16.9 Å². The van der Waals surface area contributed by atoms with E-state index in [0.717, 1.165) is 41.6 Å². The van der Waals surface area contributed by atoms with Crippen molar-refractivity contribution in [3.05, 3.63) is 60.9 Å². The summed E-state index contributed by atoms with van der Waals surface area (Å²) in [5, 5.41) is 8.71. The van der Waals surface area contributed by atoms with Crippen molar-refractivity contribution in [1.82, 2.24) is 34.2 Å².